The number of carbonyl (C=O) groups excluding carboxylic acids is 2. The molecule has 3 N–H and O–H groups in total. The van der Waals surface area contributed by atoms with Crippen LogP contribution in [-0.2, 0) is 16.0 Å². The molecule has 2 heterocycles. The molecule has 31 heavy (non-hydrogen) atoms. The van der Waals surface area contributed by atoms with Gasteiger partial charge in [0.15, 0.2) is 5.82 Å². The summed E-state index contributed by atoms with van der Waals surface area (Å²) in [4.78, 5) is 24.1. The summed E-state index contributed by atoms with van der Waals surface area (Å²) in [5.74, 6) is 0.120. The third kappa shape index (κ3) is 5.76. The highest BCUT2D eigenvalue weighted by Crippen LogP contribution is 2.44. The van der Waals surface area contributed by atoms with Crippen LogP contribution in [0.5, 0.6) is 0 Å². The van der Waals surface area contributed by atoms with Crippen molar-refractivity contribution in [1.29, 1.82) is 0 Å². The van der Waals surface area contributed by atoms with E-state index in [0.29, 0.717) is 37.2 Å². The lowest BCUT2D eigenvalue weighted by atomic mass is 10.0. The number of aromatic amines is 1. The lowest BCUT2D eigenvalue weighted by Gasteiger charge is -2.20. The molecule has 12 heteroatoms. The molecular formula is C19H22F3N5O4. The Labute approximate surface area is 175 Å². The summed E-state index contributed by atoms with van der Waals surface area (Å²) in [6.45, 7) is 0. The molecule has 0 saturated heterocycles. The van der Waals surface area contributed by atoms with Gasteiger partial charge >= 0.3 is 12.3 Å². The number of carbonyl (C=O) groups is 2. The van der Waals surface area contributed by atoms with E-state index in [1.54, 1.807) is 12.1 Å². The van der Waals surface area contributed by atoms with Gasteiger partial charge in [-0.05, 0) is 32.1 Å². The molecule has 0 radical (unpaired) electrons. The van der Waals surface area contributed by atoms with E-state index in [0.717, 1.165) is 12.1 Å². The van der Waals surface area contributed by atoms with E-state index in [9.17, 15) is 22.8 Å². The van der Waals surface area contributed by atoms with Gasteiger partial charge in [0.05, 0.1) is 24.1 Å². The summed E-state index contributed by atoms with van der Waals surface area (Å²) in [5.41, 5.74) is 0.0833. The number of rotatable bonds is 7. The molecule has 2 fully saturated rings. The van der Waals surface area contributed by atoms with Crippen LogP contribution in [0.4, 0.5) is 23.8 Å². The van der Waals surface area contributed by atoms with E-state index in [-0.39, 0.29) is 24.3 Å². The van der Waals surface area contributed by atoms with Crippen LogP contribution >= 0.6 is 0 Å². The maximum absolute atomic E-state index is 12.6. The third-order valence-electron chi connectivity index (χ3n) is 5.56. The zero-order chi connectivity index (χ0) is 22.1. The molecule has 2 aliphatic rings. The van der Waals surface area contributed by atoms with E-state index >= 15 is 0 Å². The van der Waals surface area contributed by atoms with Gasteiger partial charge in [-0.1, -0.05) is 5.16 Å². The molecule has 4 rings (SSSR count). The molecule has 0 spiro atoms. The molecule has 9 nitrogen and oxygen atoms in total. The van der Waals surface area contributed by atoms with Gasteiger partial charge in [0, 0.05) is 23.7 Å². The van der Waals surface area contributed by atoms with Crippen LogP contribution in [0.2, 0.25) is 0 Å². The van der Waals surface area contributed by atoms with Crippen LogP contribution < -0.4 is 10.6 Å². The summed E-state index contributed by atoms with van der Waals surface area (Å²) in [6, 6.07) is 3.31. The number of ether oxygens (including phenoxy) is 1. The van der Waals surface area contributed by atoms with Gasteiger partial charge in [-0.25, -0.2) is 4.79 Å². The predicted molar refractivity (Wildman–Crippen MR) is 100 cm³/mol. The van der Waals surface area contributed by atoms with E-state index in [1.165, 1.54) is 6.26 Å². The lowest BCUT2D eigenvalue weighted by molar-refractivity contribution is -0.141. The number of alkyl carbamates (subject to hydrolysis) is 1. The van der Waals surface area contributed by atoms with Crippen LogP contribution in [0.15, 0.2) is 22.9 Å². The number of nitrogens with zero attached hydrogens (tertiary/aromatic N) is 2. The first-order valence-electron chi connectivity index (χ1n) is 10.00. The molecule has 0 bridgehead atoms. The van der Waals surface area contributed by atoms with Gasteiger partial charge in [0.25, 0.3) is 0 Å². The predicted octanol–water partition coefficient (Wildman–Crippen LogP) is 3.43. The Hall–Kier alpha value is -3.05. The number of nitrogens with one attached hydrogen (secondary N) is 3. The molecule has 0 aliphatic heterocycles. The molecule has 2 aliphatic carbocycles. The Morgan fingerprint density at radius 1 is 1.32 bits per heavy atom. The highest BCUT2D eigenvalue weighted by atomic mass is 19.4. The van der Waals surface area contributed by atoms with Gasteiger partial charge in [0.1, 0.15) is 12.4 Å². The quantitative estimate of drug-likeness (QED) is 0.605. The molecule has 0 unspecified atom stereocenters. The summed E-state index contributed by atoms with van der Waals surface area (Å²) in [5, 5.41) is 15.7. The van der Waals surface area contributed by atoms with Gasteiger partial charge in [-0.2, -0.15) is 18.3 Å². The van der Waals surface area contributed by atoms with E-state index in [1.807, 2.05) is 0 Å². The first-order chi connectivity index (χ1) is 14.7. The number of H-pyrrole nitrogens is 1. The highest BCUT2D eigenvalue weighted by Gasteiger charge is 2.52. The van der Waals surface area contributed by atoms with Crippen LogP contribution in [0.3, 0.4) is 0 Å². The highest BCUT2D eigenvalue weighted by molar-refractivity contribution is 5.91. The Balaban J connectivity index is 1.24. The minimum atomic E-state index is -4.33. The van der Waals surface area contributed by atoms with E-state index in [2.05, 4.69) is 30.5 Å². The van der Waals surface area contributed by atoms with E-state index in [4.69, 9.17) is 4.74 Å². The number of aromatic nitrogens is 3. The Morgan fingerprint density at radius 2 is 2.13 bits per heavy atom. The van der Waals surface area contributed by atoms with Crippen molar-refractivity contribution in [2.45, 2.75) is 68.7 Å². The van der Waals surface area contributed by atoms with Gasteiger partial charge in [-0.3, -0.25) is 9.89 Å². The van der Waals surface area contributed by atoms with Crippen molar-refractivity contribution >= 4 is 17.8 Å². The van der Waals surface area contributed by atoms with Crippen LogP contribution in [0.25, 0.3) is 0 Å². The van der Waals surface area contributed by atoms with Crippen molar-refractivity contribution in [1.82, 2.24) is 20.7 Å². The van der Waals surface area contributed by atoms with Crippen molar-refractivity contribution in [3.63, 3.8) is 0 Å². The standard InChI is InChI=1S/C19H22F3N5O4/c20-19(21,22)10-18(4-5-18)24-17(29)31-13-2-1-11(7-13)14-9-15(26-25-14)23-16(28)8-12-3-6-30-27-12/h3,6,9,11,13H,1-2,4-5,7-8,10H2,(H,24,29)(H2,23,25,26,28)/t11-,13+/m0/s1. The monoisotopic (exact) mass is 441 g/mol. The van der Waals surface area contributed by atoms with Crippen molar-refractivity contribution in [3.05, 3.63) is 29.8 Å². The zero-order valence-electron chi connectivity index (χ0n) is 16.5. The fourth-order valence-electron chi connectivity index (χ4n) is 3.90. The number of alkyl halides is 3. The Bertz CT molecular complexity index is 923. The van der Waals surface area contributed by atoms with Crippen LogP contribution in [-0.4, -0.2) is 45.2 Å². The Kier molecular flexibility index (Phi) is 5.63. The maximum Gasteiger partial charge on any atom is 0.407 e. The average molecular weight is 441 g/mol. The topological polar surface area (TPSA) is 122 Å². The van der Waals surface area contributed by atoms with Crippen molar-refractivity contribution in [3.8, 4) is 0 Å². The second-order valence-electron chi connectivity index (χ2n) is 8.16. The van der Waals surface area contributed by atoms with Gasteiger partial charge in [-0.15, -0.1) is 0 Å². The molecule has 168 valence electrons. The molecular weight excluding hydrogens is 419 g/mol. The Morgan fingerprint density at radius 3 is 2.81 bits per heavy atom. The number of halogens is 3. The SMILES string of the molecule is O=C(Cc1ccon1)Nc1cc([C@H]2CC[C@@H](OC(=O)NC3(CC(F)(F)F)CC3)C2)[nH]n1. The van der Waals surface area contributed by atoms with Gasteiger partial charge in [0.2, 0.25) is 5.91 Å². The normalized spacial score (nSPS) is 22.2. The summed E-state index contributed by atoms with van der Waals surface area (Å²) in [7, 11) is 0. The minimum Gasteiger partial charge on any atom is -0.446 e. The first kappa shape index (κ1) is 21.2. The number of hydrogen-bond donors (Lipinski definition) is 3. The zero-order valence-corrected chi connectivity index (χ0v) is 16.5. The third-order valence-corrected chi connectivity index (χ3v) is 5.56. The second kappa shape index (κ2) is 8.23. The number of hydrogen-bond acceptors (Lipinski definition) is 6. The van der Waals surface area contributed by atoms with Crippen molar-refractivity contribution in [2.24, 2.45) is 0 Å². The van der Waals surface area contributed by atoms with Crippen molar-refractivity contribution in [2.75, 3.05) is 5.32 Å². The molecule has 2 atom stereocenters. The van der Waals surface area contributed by atoms with Crippen molar-refractivity contribution < 1.29 is 32.0 Å². The van der Waals surface area contributed by atoms with E-state index < -0.39 is 24.2 Å². The second-order valence-corrected chi connectivity index (χ2v) is 8.16. The number of amides is 2. The fraction of sp³-hybridized carbons (Fsp3) is 0.579. The molecule has 2 aromatic rings. The average Bonchev–Trinajstić information content (AvgIpc) is 3.11. The molecule has 2 saturated carbocycles. The lowest BCUT2D eigenvalue weighted by Crippen LogP contribution is -2.41. The summed E-state index contributed by atoms with van der Waals surface area (Å²) >= 11 is 0. The maximum atomic E-state index is 12.6. The molecule has 2 amide bonds. The fourth-order valence-corrected chi connectivity index (χ4v) is 3.90. The molecule has 0 aromatic carbocycles. The van der Waals surface area contributed by atoms with Crippen LogP contribution in [0.1, 0.15) is 55.8 Å². The smallest absolute Gasteiger partial charge is 0.407 e. The van der Waals surface area contributed by atoms with Crippen LogP contribution in [0, 0.1) is 0 Å². The van der Waals surface area contributed by atoms with Gasteiger partial charge < -0.3 is 19.9 Å². The minimum absolute atomic E-state index is 0.0385. The summed E-state index contributed by atoms with van der Waals surface area (Å²) in [6.07, 6.45) is -2.68. The largest absolute Gasteiger partial charge is 0.446 e. The number of anilines is 1. The first-order valence-corrected chi connectivity index (χ1v) is 10.00. The summed E-state index contributed by atoms with van der Waals surface area (Å²) < 4.78 is 47.9. The molecule has 2 aromatic heterocycles.